The average molecular weight is 297 g/mol. The van der Waals surface area contributed by atoms with Gasteiger partial charge in [-0.3, -0.25) is 4.98 Å². The average Bonchev–Trinajstić information content (AvgIpc) is 3.09. The van der Waals surface area contributed by atoms with Gasteiger partial charge in [-0.05, 0) is 29.7 Å². The highest BCUT2D eigenvalue weighted by Gasteiger charge is 2.23. The number of aromatic nitrogens is 1. The topological polar surface area (TPSA) is 58.4 Å². The smallest absolute Gasteiger partial charge is 0.318 e. The van der Waals surface area contributed by atoms with Crippen LogP contribution in [-0.4, -0.2) is 15.9 Å². The van der Waals surface area contributed by atoms with Gasteiger partial charge < -0.3 is 14.6 Å². The molecule has 22 heavy (non-hydrogen) atoms. The van der Waals surface area contributed by atoms with Crippen molar-refractivity contribution in [3.05, 3.63) is 52.0 Å². The summed E-state index contributed by atoms with van der Waals surface area (Å²) in [6.45, 7) is 7.51. The summed E-state index contributed by atoms with van der Waals surface area (Å²) in [7, 11) is 0. The summed E-state index contributed by atoms with van der Waals surface area (Å²) in [4.78, 5) is 18.1. The molecule has 0 atom stereocenters. The van der Waals surface area contributed by atoms with E-state index in [2.05, 4.69) is 29.9 Å². The van der Waals surface area contributed by atoms with Crippen LogP contribution >= 0.6 is 0 Å². The van der Waals surface area contributed by atoms with Crippen molar-refractivity contribution in [1.29, 1.82) is 0 Å². The van der Waals surface area contributed by atoms with Crippen molar-refractivity contribution < 1.29 is 9.21 Å². The van der Waals surface area contributed by atoms with Crippen molar-refractivity contribution in [3.8, 4) is 0 Å². The fourth-order valence-corrected chi connectivity index (χ4v) is 2.62. The number of urea groups is 1. The first-order valence-corrected chi connectivity index (χ1v) is 7.39. The summed E-state index contributed by atoms with van der Waals surface area (Å²) in [5.41, 5.74) is 2.91. The summed E-state index contributed by atoms with van der Waals surface area (Å²) in [6.07, 6.45) is 6.55. The second-order valence-electron chi connectivity index (χ2n) is 5.36. The Kier molecular flexibility index (Phi) is 3.96. The summed E-state index contributed by atoms with van der Waals surface area (Å²) >= 11 is 0. The molecule has 0 spiro atoms. The lowest BCUT2D eigenvalue weighted by Crippen LogP contribution is -2.35. The molecule has 3 heterocycles. The number of fused-ring (bicyclic) bond motifs is 1. The number of hydrogen-bond donors (Lipinski definition) is 1. The second-order valence-corrected chi connectivity index (χ2v) is 5.36. The number of pyridine rings is 1. The lowest BCUT2D eigenvalue weighted by molar-refractivity contribution is 0.197. The van der Waals surface area contributed by atoms with Gasteiger partial charge in [0.15, 0.2) is 0 Å². The van der Waals surface area contributed by atoms with Gasteiger partial charge in [0, 0.05) is 30.7 Å². The number of nitrogens with one attached hydrogen (secondary N) is 1. The molecular weight excluding hydrogens is 278 g/mol. The SMILES string of the molecule is C=c1oc(CNC(=O)N2Cc3ccncc3C2)c/c1=C/CC. The fraction of sp³-hybridized carbons (Fsp3) is 0.294. The normalized spacial score (nSPS) is 14.2. The van der Waals surface area contributed by atoms with Crippen LogP contribution in [0, 0.1) is 0 Å². The Morgan fingerprint density at radius 1 is 1.50 bits per heavy atom. The zero-order valence-corrected chi connectivity index (χ0v) is 12.6. The van der Waals surface area contributed by atoms with Gasteiger partial charge in [-0.15, -0.1) is 0 Å². The molecule has 0 saturated heterocycles. The van der Waals surface area contributed by atoms with E-state index < -0.39 is 0 Å². The van der Waals surface area contributed by atoms with E-state index in [-0.39, 0.29) is 6.03 Å². The number of nitrogens with zero attached hydrogens (tertiary/aromatic N) is 2. The van der Waals surface area contributed by atoms with Crippen LogP contribution in [0.4, 0.5) is 4.79 Å². The Hall–Kier alpha value is -2.56. The minimum absolute atomic E-state index is 0.0979. The third kappa shape index (κ3) is 2.88. The van der Waals surface area contributed by atoms with E-state index in [1.54, 1.807) is 11.1 Å². The second kappa shape index (κ2) is 6.05. The minimum Gasteiger partial charge on any atom is -0.460 e. The van der Waals surface area contributed by atoms with Gasteiger partial charge >= 0.3 is 6.03 Å². The molecule has 0 radical (unpaired) electrons. The number of carbonyl (C=O) groups is 1. The Morgan fingerprint density at radius 2 is 2.32 bits per heavy atom. The van der Waals surface area contributed by atoms with Gasteiger partial charge in [0.25, 0.3) is 0 Å². The zero-order valence-electron chi connectivity index (χ0n) is 12.6. The van der Waals surface area contributed by atoms with Crippen LogP contribution in [0.2, 0.25) is 0 Å². The molecule has 1 aliphatic rings. The minimum atomic E-state index is -0.0979. The lowest BCUT2D eigenvalue weighted by atomic mass is 10.2. The van der Waals surface area contributed by atoms with Gasteiger partial charge in [0.05, 0.1) is 6.54 Å². The Balaban J connectivity index is 1.61. The molecule has 3 rings (SSSR count). The quantitative estimate of drug-likeness (QED) is 0.934. The molecular formula is C17H19N3O2. The molecule has 0 aromatic carbocycles. The van der Waals surface area contributed by atoms with Crippen LogP contribution in [0.15, 0.2) is 28.9 Å². The van der Waals surface area contributed by atoms with Crippen LogP contribution in [0.1, 0.15) is 30.2 Å². The summed E-state index contributed by atoms with van der Waals surface area (Å²) in [6, 6.07) is 3.78. The highest BCUT2D eigenvalue weighted by Crippen LogP contribution is 2.20. The van der Waals surface area contributed by atoms with Gasteiger partial charge in [-0.25, -0.2) is 4.79 Å². The highest BCUT2D eigenvalue weighted by molar-refractivity contribution is 5.74. The van der Waals surface area contributed by atoms with Gasteiger partial charge in [0.2, 0.25) is 0 Å². The summed E-state index contributed by atoms with van der Waals surface area (Å²) in [5, 5.41) is 3.88. The standard InChI is InChI=1S/C17H19N3O2/c1-3-4-13-7-16(22-12(13)2)9-19-17(21)20-10-14-5-6-18-8-15(14)11-20/h4-8H,2-3,9-11H2,1H3,(H,19,21)/b13-4-. The largest absolute Gasteiger partial charge is 0.460 e. The van der Waals surface area contributed by atoms with Crippen LogP contribution < -0.4 is 16.0 Å². The first kappa shape index (κ1) is 14.4. The molecule has 2 amide bonds. The molecule has 114 valence electrons. The molecule has 2 aromatic rings. The number of carbonyl (C=O) groups excluding carboxylic acids is 1. The molecule has 0 aliphatic carbocycles. The molecule has 0 unspecified atom stereocenters. The van der Waals surface area contributed by atoms with E-state index in [4.69, 9.17) is 4.42 Å². The third-order valence-corrected chi connectivity index (χ3v) is 3.74. The molecule has 0 bridgehead atoms. The van der Waals surface area contributed by atoms with Gasteiger partial charge in [-0.2, -0.15) is 0 Å². The number of hydrogen-bond acceptors (Lipinski definition) is 3. The van der Waals surface area contributed by atoms with E-state index in [1.807, 2.05) is 18.3 Å². The predicted octanol–water partition coefficient (Wildman–Crippen LogP) is 1.50. The third-order valence-electron chi connectivity index (χ3n) is 3.74. The Bertz CT molecular complexity index is 769. The van der Waals surface area contributed by atoms with Crippen LogP contribution in [0.25, 0.3) is 12.7 Å². The maximum absolute atomic E-state index is 12.2. The van der Waals surface area contributed by atoms with E-state index in [0.717, 1.165) is 28.5 Å². The first-order chi connectivity index (χ1) is 10.7. The number of furan rings is 1. The van der Waals surface area contributed by atoms with Crippen LogP contribution in [0.5, 0.6) is 0 Å². The number of rotatable bonds is 3. The van der Waals surface area contributed by atoms with Crippen LogP contribution in [-0.2, 0) is 19.6 Å². The lowest BCUT2D eigenvalue weighted by Gasteiger charge is -2.15. The van der Waals surface area contributed by atoms with Crippen molar-refractivity contribution >= 4 is 18.7 Å². The molecule has 1 aliphatic heterocycles. The van der Waals surface area contributed by atoms with Crippen molar-refractivity contribution in [1.82, 2.24) is 15.2 Å². The molecule has 0 saturated carbocycles. The predicted molar refractivity (Wildman–Crippen MR) is 84.0 cm³/mol. The van der Waals surface area contributed by atoms with Gasteiger partial charge in [-0.1, -0.05) is 19.6 Å². The number of amides is 2. The van der Waals surface area contributed by atoms with E-state index in [1.165, 1.54) is 0 Å². The molecule has 0 fully saturated rings. The van der Waals surface area contributed by atoms with Gasteiger partial charge in [0.1, 0.15) is 11.2 Å². The van der Waals surface area contributed by atoms with Crippen molar-refractivity contribution in [3.63, 3.8) is 0 Å². The van der Waals surface area contributed by atoms with Crippen molar-refractivity contribution in [2.45, 2.75) is 33.0 Å². The fourth-order valence-electron chi connectivity index (χ4n) is 2.62. The summed E-state index contributed by atoms with van der Waals surface area (Å²) < 4.78 is 5.56. The highest BCUT2D eigenvalue weighted by atomic mass is 16.3. The molecule has 2 aromatic heterocycles. The van der Waals surface area contributed by atoms with E-state index >= 15 is 0 Å². The molecule has 5 nitrogen and oxygen atoms in total. The molecule has 1 N–H and O–H groups in total. The molecule has 5 heteroatoms. The maximum Gasteiger partial charge on any atom is 0.318 e. The van der Waals surface area contributed by atoms with E-state index in [0.29, 0.717) is 25.0 Å². The monoisotopic (exact) mass is 297 g/mol. The Morgan fingerprint density at radius 3 is 3.09 bits per heavy atom. The maximum atomic E-state index is 12.2. The van der Waals surface area contributed by atoms with Crippen LogP contribution in [0.3, 0.4) is 0 Å². The van der Waals surface area contributed by atoms with Crippen molar-refractivity contribution in [2.24, 2.45) is 0 Å². The summed E-state index contributed by atoms with van der Waals surface area (Å²) in [5.74, 6) is 0.719. The Labute approximate surface area is 129 Å². The van der Waals surface area contributed by atoms with E-state index in [9.17, 15) is 4.79 Å². The van der Waals surface area contributed by atoms with Crippen molar-refractivity contribution in [2.75, 3.05) is 0 Å². The zero-order chi connectivity index (χ0) is 15.5. The first-order valence-electron chi connectivity index (χ1n) is 7.39.